The van der Waals surface area contributed by atoms with Crippen LogP contribution in [0.5, 0.6) is 11.5 Å². The molecule has 0 spiro atoms. The van der Waals surface area contributed by atoms with Crippen LogP contribution in [-0.2, 0) is 23.2 Å². The van der Waals surface area contributed by atoms with E-state index in [1.807, 2.05) is 53.0 Å². The fourth-order valence-corrected chi connectivity index (χ4v) is 5.34. The first-order valence-corrected chi connectivity index (χ1v) is 14.3. The molecule has 1 saturated heterocycles. The van der Waals surface area contributed by atoms with Gasteiger partial charge in [0, 0.05) is 50.3 Å². The minimum absolute atomic E-state index is 0.00332. The maximum atomic E-state index is 12.6. The molecule has 0 bridgehead atoms. The summed E-state index contributed by atoms with van der Waals surface area (Å²) in [5, 5.41) is 8.05. The third-order valence-electron chi connectivity index (χ3n) is 7.10. The second kappa shape index (κ2) is 14.3. The summed E-state index contributed by atoms with van der Waals surface area (Å²) in [7, 11) is 3.53. The van der Waals surface area contributed by atoms with E-state index in [0.29, 0.717) is 46.7 Å². The quantitative estimate of drug-likeness (QED) is 0.221. The Hall–Kier alpha value is -3.96. The van der Waals surface area contributed by atoms with E-state index in [2.05, 4.69) is 10.3 Å². The number of rotatable bonds is 11. The highest BCUT2D eigenvalue weighted by Crippen LogP contribution is 2.40. The molecule has 0 saturated carbocycles. The Morgan fingerprint density at radius 1 is 1.12 bits per heavy atom. The number of aromatic nitrogens is 2. The van der Waals surface area contributed by atoms with E-state index in [1.165, 1.54) is 0 Å². The minimum atomic E-state index is -0.335. The number of halogens is 2. The highest BCUT2D eigenvalue weighted by atomic mass is 35.5. The Bertz CT molecular complexity index is 1450. The van der Waals surface area contributed by atoms with Gasteiger partial charge in [-0.3, -0.25) is 14.3 Å². The summed E-state index contributed by atoms with van der Waals surface area (Å²) in [6.45, 7) is 1.64. The predicted molar refractivity (Wildman–Crippen MR) is 163 cm³/mol. The van der Waals surface area contributed by atoms with Crippen LogP contribution < -0.4 is 26.3 Å². The fraction of sp³-hybridized carbons (Fsp3) is 0.379. The summed E-state index contributed by atoms with van der Waals surface area (Å²) < 4.78 is 13.1. The van der Waals surface area contributed by atoms with Crippen molar-refractivity contribution < 1.29 is 19.1 Å². The number of nitrogens with two attached hydrogens (primary N) is 2. The number of amides is 2. The Morgan fingerprint density at radius 2 is 1.88 bits per heavy atom. The molecule has 13 heteroatoms. The minimum Gasteiger partial charge on any atom is -0.497 e. The van der Waals surface area contributed by atoms with E-state index in [1.54, 1.807) is 13.2 Å². The molecule has 0 unspecified atom stereocenters. The largest absolute Gasteiger partial charge is 0.497 e. The molecule has 2 amide bonds. The summed E-state index contributed by atoms with van der Waals surface area (Å²) in [5.74, 6) is 0.978. The standard InChI is InChI=1S/C29H35Cl2N7O4/c1-37-23(19-9-12-38(13-10-19)26(40)8-11-34-25(39)16-35-29(32)33)15-22(36-37)21-6-7-24(28(31)27(21)30)42-17-18-4-3-5-20(14-18)41-2/h3-7,14-15,19H,8-13,16-17H2,1-2H3,(H,34,39)(H4,32,33,35). The topological polar surface area (TPSA) is 150 Å². The number of nitrogens with one attached hydrogen (secondary N) is 1. The number of guanidine groups is 1. The summed E-state index contributed by atoms with van der Waals surface area (Å²) in [6, 6.07) is 13.3. The molecule has 1 aromatic heterocycles. The van der Waals surface area contributed by atoms with Gasteiger partial charge in [-0.2, -0.15) is 5.10 Å². The number of methoxy groups -OCH3 is 1. The molecule has 11 nitrogen and oxygen atoms in total. The van der Waals surface area contributed by atoms with Gasteiger partial charge in [0.15, 0.2) is 5.96 Å². The van der Waals surface area contributed by atoms with Gasteiger partial charge in [-0.25, -0.2) is 4.99 Å². The van der Waals surface area contributed by atoms with E-state index in [9.17, 15) is 9.59 Å². The second-order valence-electron chi connectivity index (χ2n) is 9.95. The number of benzene rings is 2. The lowest BCUT2D eigenvalue weighted by molar-refractivity contribution is -0.132. The Labute approximate surface area is 254 Å². The van der Waals surface area contributed by atoms with E-state index in [-0.39, 0.29) is 43.2 Å². The molecular weight excluding hydrogens is 581 g/mol. The molecule has 1 aliphatic rings. The average molecular weight is 617 g/mol. The number of hydrogen-bond donors (Lipinski definition) is 3. The van der Waals surface area contributed by atoms with Crippen molar-refractivity contribution in [2.75, 3.05) is 33.3 Å². The van der Waals surface area contributed by atoms with E-state index < -0.39 is 0 Å². The van der Waals surface area contributed by atoms with Gasteiger partial charge >= 0.3 is 0 Å². The normalized spacial score (nSPS) is 13.5. The van der Waals surface area contributed by atoms with Crippen LogP contribution in [0.4, 0.5) is 0 Å². The predicted octanol–water partition coefficient (Wildman–Crippen LogP) is 3.47. The van der Waals surface area contributed by atoms with Gasteiger partial charge in [-0.05, 0) is 48.7 Å². The summed E-state index contributed by atoms with van der Waals surface area (Å²) in [6.07, 6.45) is 1.81. The molecular formula is C29H35Cl2N7O4. The van der Waals surface area contributed by atoms with Gasteiger partial charge in [0.2, 0.25) is 11.8 Å². The lowest BCUT2D eigenvalue weighted by Crippen LogP contribution is -2.40. The third kappa shape index (κ3) is 7.86. The first-order valence-electron chi connectivity index (χ1n) is 13.5. The van der Waals surface area contributed by atoms with E-state index in [4.69, 9.17) is 49.2 Å². The first-order chi connectivity index (χ1) is 20.2. The van der Waals surface area contributed by atoms with Crippen molar-refractivity contribution in [3.8, 4) is 22.8 Å². The van der Waals surface area contributed by atoms with Crippen molar-refractivity contribution in [1.82, 2.24) is 20.0 Å². The number of aryl methyl sites for hydroxylation is 1. The Kier molecular flexibility index (Phi) is 10.5. The lowest BCUT2D eigenvalue weighted by Gasteiger charge is -2.32. The number of likely N-dealkylation sites (tertiary alicyclic amines) is 1. The zero-order chi connectivity index (χ0) is 30.2. The van der Waals surface area contributed by atoms with E-state index >= 15 is 0 Å². The van der Waals surface area contributed by atoms with Crippen LogP contribution in [0.15, 0.2) is 47.5 Å². The zero-order valence-electron chi connectivity index (χ0n) is 23.6. The van der Waals surface area contributed by atoms with Crippen LogP contribution >= 0.6 is 23.2 Å². The number of carbonyl (C=O) groups is 2. The molecule has 0 radical (unpaired) electrons. The number of ether oxygens (including phenoxy) is 2. The Morgan fingerprint density at radius 3 is 2.60 bits per heavy atom. The number of piperidine rings is 1. The summed E-state index contributed by atoms with van der Waals surface area (Å²) in [5.41, 5.74) is 13.9. The molecule has 2 heterocycles. The van der Waals surface area contributed by atoms with Crippen molar-refractivity contribution in [2.45, 2.75) is 31.8 Å². The third-order valence-corrected chi connectivity index (χ3v) is 7.96. The molecule has 1 fully saturated rings. The van der Waals surface area contributed by atoms with Gasteiger partial charge in [0.1, 0.15) is 29.7 Å². The van der Waals surface area contributed by atoms with Crippen molar-refractivity contribution >= 4 is 41.0 Å². The maximum Gasteiger partial charge on any atom is 0.241 e. The molecule has 0 atom stereocenters. The molecule has 0 aliphatic carbocycles. The molecule has 42 heavy (non-hydrogen) atoms. The van der Waals surface area contributed by atoms with Crippen LogP contribution in [0, 0.1) is 0 Å². The highest BCUT2D eigenvalue weighted by Gasteiger charge is 2.27. The van der Waals surface area contributed by atoms with Crippen LogP contribution in [0.1, 0.15) is 36.4 Å². The zero-order valence-corrected chi connectivity index (χ0v) is 25.1. The van der Waals surface area contributed by atoms with Crippen LogP contribution in [0.2, 0.25) is 10.0 Å². The maximum absolute atomic E-state index is 12.6. The van der Waals surface area contributed by atoms with Gasteiger partial charge in [0.05, 0.1) is 17.8 Å². The van der Waals surface area contributed by atoms with Crippen LogP contribution in [0.25, 0.3) is 11.3 Å². The smallest absolute Gasteiger partial charge is 0.241 e. The van der Waals surface area contributed by atoms with Crippen molar-refractivity contribution in [3.05, 3.63) is 63.8 Å². The number of nitrogens with zero attached hydrogens (tertiary/aromatic N) is 4. The highest BCUT2D eigenvalue weighted by molar-refractivity contribution is 6.44. The Balaban J connectivity index is 1.33. The first kappa shape index (κ1) is 31.0. The molecule has 3 aromatic rings. The van der Waals surface area contributed by atoms with Crippen molar-refractivity contribution in [2.24, 2.45) is 23.5 Å². The van der Waals surface area contributed by atoms with Crippen LogP contribution in [0.3, 0.4) is 0 Å². The average Bonchev–Trinajstić information content (AvgIpc) is 3.37. The molecule has 1 aliphatic heterocycles. The van der Waals surface area contributed by atoms with Gasteiger partial charge < -0.3 is 31.2 Å². The SMILES string of the molecule is COc1cccc(COc2ccc(-c3cc(C4CCN(C(=O)CCNC(=O)CN=C(N)N)CC4)n(C)n3)c(Cl)c2Cl)c1. The molecule has 2 aromatic carbocycles. The van der Waals surface area contributed by atoms with Gasteiger partial charge in [-0.1, -0.05) is 35.3 Å². The summed E-state index contributed by atoms with van der Waals surface area (Å²) >= 11 is 13.3. The summed E-state index contributed by atoms with van der Waals surface area (Å²) in [4.78, 5) is 29.8. The monoisotopic (exact) mass is 615 g/mol. The van der Waals surface area contributed by atoms with Crippen molar-refractivity contribution in [1.29, 1.82) is 0 Å². The number of aliphatic imine (C=N–C) groups is 1. The second-order valence-corrected chi connectivity index (χ2v) is 10.7. The van der Waals surface area contributed by atoms with Crippen LogP contribution in [-0.4, -0.2) is 65.7 Å². The molecule has 4 rings (SSSR count). The lowest BCUT2D eigenvalue weighted by atomic mass is 9.92. The van der Waals surface area contributed by atoms with Gasteiger partial charge in [0.25, 0.3) is 0 Å². The van der Waals surface area contributed by atoms with E-state index in [0.717, 1.165) is 29.8 Å². The fourth-order valence-electron chi connectivity index (χ4n) is 4.87. The molecule has 224 valence electrons. The van der Waals surface area contributed by atoms with Gasteiger partial charge in [-0.15, -0.1) is 0 Å². The van der Waals surface area contributed by atoms with Crippen molar-refractivity contribution in [3.63, 3.8) is 0 Å². The number of carbonyl (C=O) groups excluding carboxylic acids is 2. The number of hydrogen-bond acceptors (Lipinski definition) is 6. The molecule has 5 N–H and O–H groups in total.